The van der Waals surface area contributed by atoms with Crippen LogP contribution < -0.4 is 24.2 Å². The van der Waals surface area contributed by atoms with Crippen molar-refractivity contribution in [3.8, 4) is 17.2 Å². The Morgan fingerprint density at radius 3 is 2.30 bits per heavy atom. The molecule has 0 radical (unpaired) electrons. The summed E-state index contributed by atoms with van der Waals surface area (Å²) in [5.41, 5.74) is 1.17. The van der Waals surface area contributed by atoms with Gasteiger partial charge in [0, 0.05) is 13.0 Å². The second kappa shape index (κ2) is 8.41. The number of rotatable bonds is 8. The van der Waals surface area contributed by atoms with Crippen molar-refractivity contribution < 1.29 is 23.3 Å². The molecule has 0 bridgehead atoms. The van der Waals surface area contributed by atoms with Gasteiger partial charge in [-0.2, -0.15) is 4.98 Å². The predicted octanol–water partition coefficient (Wildman–Crippen LogP) is 4.41. The van der Waals surface area contributed by atoms with Gasteiger partial charge >= 0.3 is 0 Å². The first kappa shape index (κ1) is 19.7. The lowest BCUT2D eigenvalue weighted by Crippen LogP contribution is -1.97. The third kappa shape index (κ3) is 3.79. The largest absolute Gasteiger partial charge is 0.495 e. The Balaban J connectivity index is 1.62. The smallest absolute Gasteiger partial charge is 0.267 e. The Morgan fingerprint density at radius 2 is 1.67 bits per heavy atom. The van der Waals surface area contributed by atoms with Crippen LogP contribution in [0.15, 0.2) is 44.3 Å². The Kier molecular flexibility index (Phi) is 5.53. The molecular formula is C19H19N5O5S. The second-order valence-electron chi connectivity index (χ2n) is 6.04. The number of nitrogens with one attached hydrogen (secondary N) is 2. The molecular weight excluding hydrogens is 410 g/mol. The lowest BCUT2D eigenvalue weighted by molar-refractivity contribution is 0.376. The maximum atomic E-state index is 5.50. The van der Waals surface area contributed by atoms with Gasteiger partial charge in [-0.05, 0) is 35.3 Å². The first-order valence-electron chi connectivity index (χ1n) is 8.81. The van der Waals surface area contributed by atoms with Gasteiger partial charge in [0.15, 0.2) is 11.4 Å². The molecule has 4 aromatic rings. The van der Waals surface area contributed by atoms with E-state index in [2.05, 4.69) is 25.3 Å². The molecule has 0 unspecified atom stereocenters. The van der Waals surface area contributed by atoms with Crippen LogP contribution in [0.1, 0.15) is 5.89 Å². The fourth-order valence-electron chi connectivity index (χ4n) is 2.79. The number of hydrogen-bond donors (Lipinski definition) is 2. The van der Waals surface area contributed by atoms with E-state index in [0.29, 0.717) is 46.2 Å². The van der Waals surface area contributed by atoms with E-state index in [1.807, 2.05) is 24.3 Å². The number of methoxy groups -OCH3 is 3. The Hall–Kier alpha value is -3.60. The Labute approximate surface area is 176 Å². The molecule has 2 aromatic carbocycles. The summed E-state index contributed by atoms with van der Waals surface area (Å²) in [6, 6.07) is 9.13. The average Bonchev–Trinajstić information content (AvgIpc) is 3.36. The van der Waals surface area contributed by atoms with Gasteiger partial charge in [0.05, 0.1) is 32.4 Å². The van der Waals surface area contributed by atoms with Crippen LogP contribution in [0, 0.1) is 6.92 Å². The van der Waals surface area contributed by atoms with Crippen LogP contribution in [-0.2, 0) is 0 Å². The summed E-state index contributed by atoms with van der Waals surface area (Å²) in [5.74, 6) is 3.23. The van der Waals surface area contributed by atoms with E-state index in [0.717, 1.165) is 10.3 Å². The van der Waals surface area contributed by atoms with Gasteiger partial charge < -0.3 is 33.3 Å². The van der Waals surface area contributed by atoms with Crippen LogP contribution in [0.5, 0.6) is 17.2 Å². The third-order valence-corrected chi connectivity index (χ3v) is 5.10. The van der Waals surface area contributed by atoms with E-state index in [4.69, 9.17) is 23.3 Å². The van der Waals surface area contributed by atoms with Crippen LogP contribution in [-0.4, -0.2) is 36.6 Å². The van der Waals surface area contributed by atoms with Gasteiger partial charge in [0.2, 0.25) is 5.89 Å². The van der Waals surface area contributed by atoms with Crippen molar-refractivity contribution in [2.45, 2.75) is 11.8 Å². The number of ether oxygens (including phenoxy) is 3. The molecule has 2 N–H and O–H groups in total. The van der Waals surface area contributed by atoms with Crippen molar-refractivity contribution in [3.63, 3.8) is 0 Å². The zero-order valence-corrected chi connectivity index (χ0v) is 17.5. The summed E-state index contributed by atoms with van der Waals surface area (Å²) in [4.78, 5) is 4.92. The molecule has 30 heavy (non-hydrogen) atoms. The minimum atomic E-state index is 0.321. The molecule has 4 rings (SSSR count). The Morgan fingerprint density at radius 1 is 0.933 bits per heavy atom. The predicted molar refractivity (Wildman–Crippen MR) is 112 cm³/mol. The molecule has 11 heteroatoms. The van der Waals surface area contributed by atoms with Crippen molar-refractivity contribution in [1.29, 1.82) is 0 Å². The van der Waals surface area contributed by atoms with Gasteiger partial charge in [-0.3, -0.25) is 0 Å². The number of benzene rings is 2. The molecule has 10 nitrogen and oxygen atoms in total. The highest BCUT2D eigenvalue weighted by molar-refractivity contribution is 8.00. The number of hydrogen-bond acceptors (Lipinski definition) is 11. The first-order valence-corrected chi connectivity index (χ1v) is 9.63. The number of aryl methyl sites for hydroxylation is 1. The van der Waals surface area contributed by atoms with Crippen LogP contribution in [0.3, 0.4) is 0 Å². The molecule has 0 aliphatic rings. The van der Waals surface area contributed by atoms with E-state index in [1.165, 1.54) is 11.9 Å². The topological polar surface area (TPSA) is 117 Å². The first-order chi connectivity index (χ1) is 14.6. The molecule has 0 saturated carbocycles. The molecule has 0 aliphatic carbocycles. The zero-order valence-electron chi connectivity index (χ0n) is 16.7. The van der Waals surface area contributed by atoms with Crippen molar-refractivity contribution in [1.82, 2.24) is 15.3 Å². The lowest BCUT2D eigenvalue weighted by Gasteiger charge is -2.12. The van der Waals surface area contributed by atoms with E-state index in [9.17, 15) is 0 Å². The standard InChI is InChI=1S/C19H19N5O5S/c1-10-20-19(23-28-10)21-12-9-15-11(8-16(12)27-4)18(22-29-15)24-30-17-13(25-2)6-5-7-14(17)26-3/h5-9H,1-4H3,(H,21,23)(H,22,24). The minimum absolute atomic E-state index is 0.321. The number of nitrogens with zero attached hydrogens (tertiary/aromatic N) is 3. The van der Waals surface area contributed by atoms with Gasteiger partial charge in [0.1, 0.15) is 22.1 Å². The summed E-state index contributed by atoms with van der Waals surface area (Å²) < 4.78 is 30.0. The highest BCUT2D eigenvalue weighted by Crippen LogP contribution is 2.40. The van der Waals surface area contributed by atoms with E-state index in [1.54, 1.807) is 34.3 Å². The maximum absolute atomic E-state index is 5.50. The van der Waals surface area contributed by atoms with E-state index >= 15 is 0 Å². The van der Waals surface area contributed by atoms with Crippen molar-refractivity contribution in [3.05, 3.63) is 36.2 Å². The highest BCUT2D eigenvalue weighted by Gasteiger charge is 2.17. The average molecular weight is 429 g/mol. The fraction of sp³-hybridized carbons (Fsp3) is 0.211. The second-order valence-corrected chi connectivity index (χ2v) is 6.85. The zero-order chi connectivity index (χ0) is 21.1. The van der Waals surface area contributed by atoms with Gasteiger partial charge in [-0.15, -0.1) is 0 Å². The van der Waals surface area contributed by atoms with Gasteiger partial charge in [-0.25, -0.2) is 0 Å². The van der Waals surface area contributed by atoms with Crippen molar-refractivity contribution in [2.24, 2.45) is 0 Å². The molecule has 0 fully saturated rings. The number of anilines is 3. The van der Waals surface area contributed by atoms with Gasteiger partial charge in [0.25, 0.3) is 5.95 Å². The number of aromatic nitrogens is 3. The number of fused-ring (bicyclic) bond motifs is 1. The quantitative estimate of drug-likeness (QED) is 0.388. The lowest BCUT2D eigenvalue weighted by atomic mass is 10.2. The SMILES string of the molecule is COc1cc2c(NSc3c(OC)cccc3OC)noc2cc1Nc1noc(C)n1. The third-order valence-electron chi connectivity index (χ3n) is 4.20. The summed E-state index contributed by atoms with van der Waals surface area (Å²) in [5, 5.41) is 11.7. The fourth-order valence-corrected chi connectivity index (χ4v) is 3.64. The summed E-state index contributed by atoms with van der Waals surface area (Å²) in [7, 11) is 4.78. The maximum Gasteiger partial charge on any atom is 0.267 e. The molecule has 0 aliphatic heterocycles. The molecule has 156 valence electrons. The molecule has 0 spiro atoms. The molecule has 2 aromatic heterocycles. The highest BCUT2D eigenvalue weighted by atomic mass is 32.2. The summed E-state index contributed by atoms with van der Waals surface area (Å²) in [6.45, 7) is 1.71. The van der Waals surface area contributed by atoms with Gasteiger partial charge in [-0.1, -0.05) is 11.2 Å². The Bertz CT molecular complexity index is 1150. The summed E-state index contributed by atoms with van der Waals surface area (Å²) in [6.07, 6.45) is 0. The normalized spacial score (nSPS) is 10.8. The minimum Gasteiger partial charge on any atom is -0.495 e. The molecule has 0 atom stereocenters. The molecule has 0 saturated heterocycles. The van der Waals surface area contributed by atoms with Crippen LogP contribution in [0.25, 0.3) is 11.0 Å². The van der Waals surface area contributed by atoms with E-state index < -0.39 is 0 Å². The van der Waals surface area contributed by atoms with Crippen molar-refractivity contribution >= 4 is 40.4 Å². The van der Waals surface area contributed by atoms with Crippen LogP contribution in [0.2, 0.25) is 0 Å². The van der Waals surface area contributed by atoms with E-state index in [-0.39, 0.29) is 0 Å². The molecule has 0 amide bonds. The van der Waals surface area contributed by atoms with Crippen molar-refractivity contribution in [2.75, 3.05) is 31.4 Å². The summed E-state index contributed by atoms with van der Waals surface area (Å²) >= 11 is 1.31. The monoisotopic (exact) mass is 429 g/mol. The van der Waals surface area contributed by atoms with Crippen LogP contribution in [0.4, 0.5) is 17.5 Å². The van der Waals surface area contributed by atoms with Crippen LogP contribution >= 0.6 is 11.9 Å². The molecule has 2 heterocycles.